The molecule has 2 aromatic carbocycles. The number of hydrogen-bond acceptors (Lipinski definition) is 4. The van der Waals surface area contributed by atoms with Gasteiger partial charge in [-0.2, -0.15) is 0 Å². The second kappa shape index (κ2) is 9.65. The lowest BCUT2D eigenvalue weighted by Gasteiger charge is -2.30. The number of morpholine rings is 1. The van der Waals surface area contributed by atoms with Crippen molar-refractivity contribution in [3.63, 3.8) is 0 Å². The molecular weight excluding hydrogens is 364 g/mol. The van der Waals surface area contributed by atoms with E-state index >= 15 is 0 Å². The molecule has 2 N–H and O–H groups in total. The molecule has 2 aliphatic heterocycles. The van der Waals surface area contributed by atoms with Gasteiger partial charge in [0.15, 0.2) is 5.96 Å². The number of anilines is 1. The highest BCUT2D eigenvalue weighted by atomic mass is 16.5. The SMILES string of the molecule is CCNC(=NCc1ccccc1N1CCOCC1)NCC1Cc2ccccc2O1. The molecule has 0 spiro atoms. The Morgan fingerprint density at radius 1 is 1.07 bits per heavy atom. The van der Waals surface area contributed by atoms with Crippen LogP contribution in [0.1, 0.15) is 18.1 Å². The fraction of sp³-hybridized carbons (Fsp3) is 0.435. The van der Waals surface area contributed by atoms with Crippen LogP contribution in [0.5, 0.6) is 5.75 Å². The predicted molar refractivity (Wildman–Crippen MR) is 117 cm³/mol. The number of guanidine groups is 1. The van der Waals surface area contributed by atoms with E-state index in [1.807, 2.05) is 12.1 Å². The van der Waals surface area contributed by atoms with Gasteiger partial charge in [-0.3, -0.25) is 0 Å². The lowest BCUT2D eigenvalue weighted by atomic mass is 10.1. The van der Waals surface area contributed by atoms with Gasteiger partial charge in [-0.1, -0.05) is 36.4 Å². The third-order valence-electron chi connectivity index (χ3n) is 5.31. The molecule has 0 bridgehead atoms. The summed E-state index contributed by atoms with van der Waals surface area (Å²) in [5.41, 5.74) is 3.77. The molecule has 0 radical (unpaired) electrons. The standard InChI is InChI=1S/C23H30N4O2/c1-2-24-23(26-17-20-15-18-7-4-6-10-22(18)29-20)25-16-19-8-3-5-9-21(19)27-11-13-28-14-12-27/h3-10,20H,2,11-17H2,1H3,(H2,24,25,26). The zero-order valence-electron chi connectivity index (χ0n) is 17.1. The van der Waals surface area contributed by atoms with Gasteiger partial charge in [0.1, 0.15) is 11.9 Å². The minimum absolute atomic E-state index is 0.136. The molecule has 0 amide bonds. The van der Waals surface area contributed by atoms with E-state index in [1.54, 1.807) is 0 Å². The third kappa shape index (κ3) is 5.01. The van der Waals surface area contributed by atoms with E-state index in [4.69, 9.17) is 14.5 Å². The Hall–Kier alpha value is -2.73. The van der Waals surface area contributed by atoms with Crippen LogP contribution >= 0.6 is 0 Å². The van der Waals surface area contributed by atoms with Gasteiger partial charge in [0.25, 0.3) is 0 Å². The Bertz CT molecular complexity index is 808. The molecule has 0 aliphatic carbocycles. The summed E-state index contributed by atoms with van der Waals surface area (Å²) in [7, 11) is 0. The van der Waals surface area contributed by atoms with Crippen molar-refractivity contribution >= 4 is 11.6 Å². The Balaban J connectivity index is 1.38. The Labute approximate surface area is 172 Å². The maximum absolute atomic E-state index is 6.03. The number of benzene rings is 2. The average Bonchev–Trinajstić information content (AvgIpc) is 3.19. The van der Waals surface area contributed by atoms with Crippen LogP contribution in [0.15, 0.2) is 53.5 Å². The van der Waals surface area contributed by atoms with Crippen LogP contribution in [0.25, 0.3) is 0 Å². The summed E-state index contributed by atoms with van der Waals surface area (Å²) in [4.78, 5) is 7.22. The number of fused-ring (bicyclic) bond motifs is 1. The van der Waals surface area contributed by atoms with Gasteiger partial charge >= 0.3 is 0 Å². The molecule has 1 atom stereocenters. The normalized spacial score (nSPS) is 18.9. The molecular formula is C23H30N4O2. The van der Waals surface area contributed by atoms with Gasteiger partial charge in [-0.15, -0.1) is 0 Å². The van der Waals surface area contributed by atoms with E-state index in [9.17, 15) is 0 Å². The Kier molecular flexibility index (Phi) is 6.52. The maximum atomic E-state index is 6.03. The quantitative estimate of drug-likeness (QED) is 0.583. The molecule has 2 aromatic rings. The molecule has 2 aliphatic rings. The number of rotatable bonds is 6. The van der Waals surface area contributed by atoms with Gasteiger partial charge in [0.05, 0.1) is 26.3 Å². The summed E-state index contributed by atoms with van der Waals surface area (Å²) in [6.07, 6.45) is 1.07. The van der Waals surface area contributed by atoms with Crippen LogP contribution < -0.4 is 20.3 Å². The van der Waals surface area contributed by atoms with E-state index in [2.05, 4.69) is 58.9 Å². The highest BCUT2D eigenvalue weighted by Gasteiger charge is 2.22. The Morgan fingerprint density at radius 2 is 1.86 bits per heavy atom. The summed E-state index contributed by atoms with van der Waals surface area (Å²) < 4.78 is 11.5. The van der Waals surface area contributed by atoms with E-state index in [0.29, 0.717) is 6.54 Å². The molecule has 6 heteroatoms. The minimum atomic E-state index is 0.136. The number of hydrogen-bond donors (Lipinski definition) is 2. The molecule has 2 heterocycles. The number of nitrogens with zero attached hydrogens (tertiary/aromatic N) is 2. The zero-order chi connectivity index (χ0) is 19.9. The van der Waals surface area contributed by atoms with Gasteiger partial charge in [0, 0.05) is 31.7 Å². The third-order valence-corrected chi connectivity index (χ3v) is 5.31. The van der Waals surface area contributed by atoms with Crippen molar-refractivity contribution < 1.29 is 9.47 Å². The molecule has 0 saturated carbocycles. The average molecular weight is 395 g/mol. The largest absolute Gasteiger partial charge is 0.488 e. The zero-order valence-corrected chi connectivity index (χ0v) is 17.1. The smallest absolute Gasteiger partial charge is 0.191 e. The highest BCUT2D eigenvalue weighted by molar-refractivity contribution is 5.80. The number of nitrogens with one attached hydrogen (secondary N) is 2. The second-order valence-electron chi connectivity index (χ2n) is 7.36. The summed E-state index contributed by atoms with van der Waals surface area (Å²) in [5.74, 6) is 1.82. The van der Waals surface area contributed by atoms with E-state index in [-0.39, 0.29) is 6.10 Å². The van der Waals surface area contributed by atoms with Crippen LogP contribution in [0.3, 0.4) is 0 Å². The lowest BCUT2D eigenvalue weighted by Crippen LogP contribution is -2.42. The number of ether oxygens (including phenoxy) is 2. The van der Waals surface area contributed by atoms with Crippen molar-refractivity contribution in [1.82, 2.24) is 10.6 Å². The molecule has 1 unspecified atom stereocenters. The number of para-hydroxylation sites is 2. The predicted octanol–water partition coefficient (Wildman–Crippen LogP) is 2.58. The molecule has 154 valence electrons. The maximum Gasteiger partial charge on any atom is 0.191 e. The summed E-state index contributed by atoms with van der Waals surface area (Å²) in [5, 5.41) is 6.79. The lowest BCUT2D eigenvalue weighted by molar-refractivity contribution is 0.122. The fourth-order valence-corrected chi connectivity index (χ4v) is 3.84. The Morgan fingerprint density at radius 3 is 2.69 bits per heavy atom. The van der Waals surface area contributed by atoms with Crippen LogP contribution in [0, 0.1) is 0 Å². The van der Waals surface area contributed by atoms with Crippen molar-refractivity contribution in [3.8, 4) is 5.75 Å². The van der Waals surface area contributed by atoms with E-state index in [1.165, 1.54) is 16.8 Å². The monoisotopic (exact) mass is 394 g/mol. The fourth-order valence-electron chi connectivity index (χ4n) is 3.84. The summed E-state index contributed by atoms with van der Waals surface area (Å²) in [6, 6.07) is 16.8. The minimum Gasteiger partial charge on any atom is -0.488 e. The van der Waals surface area contributed by atoms with Gasteiger partial charge in [0.2, 0.25) is 0 Å². The van der Waals surface area contributed by atoms with Gasteiger partial charge in [-0.05, 0) is 30.2 Å². The van der Waals surface area contributed by atoms with E-state index in [0.717, 1.165) is 57.5 Å². The molecule has 29 heavy (non-hydrogen) atoms. The molecule has 4 rings (SSSR count). The summed E-state index contributed by atoms with van der Waals surface area (Å²) in [6.45, 7) is 7.69. The van der Waals surface area contributed by atoms with Crippen LogP contribution in [-0.4, -0.2) is 51.5 Å². The van der Waals surface area contributed by atoms with Crippen molar-refractivity contribution in [1.29, 1.82) is 0 Å². The number of aliphatic imine (C=N–C) groups is 1. The van der Waals surface area contributed by atoms with Crippen LogP contribution in [0.4, 0.5) is 5.69 Å². The second-order valence-corrected chi connectivity index (χ2v) is 7.36. The topological polar surface area (TPSA) is 58.1 Å². The molecule has 0 aromatic heterocycles. The van der Waals surface area contributed by atoms with Crippen molar-refractivity contribution in [2.24, 2.45) is 4.99 Å². The van der Waals surface area contributed by atoms with Crippen molar-refractivity contribution in [2.45, 2.75) is 26.0 Å². The molecule has 1 fully saturated rings. The van der Waals surface area contributed by atoms with E-state index < -0.39 is 0 Å². The van der Waals surface area contributed by atoms with Crippen LogP contribution in [-0.2, 0) is 17.7 Å². The first-order valence-corrected chi connectivity index (χ1v) is 10.5. The van der Waals surface area contributed by atoms with Crippen LogP contribution in [0.2, 0.25) is 0 Å². The summed E-state index contributed by atoms with van der Waals surface area (Å²) >= 11 is 0. The van der Waals surface area contributed by atoms with Crippen molar-refractivity contribution in [2.75, 3.05) is 44.3 Å². The first-order valence-electron chi connectivity index (χ1n) is 10.5. The molecule has 1 saturated heterocycles. The molecule has 6 nitrogen and oxygen atoms in total. The highest BCUT2D eigenvalue weighted by Crippen LogP contribution is 2.27. The van der Waals surface area contributed by atoms with Crippen molar-refractivity contribution in [3.05, 3.63) is 59.7 Å². The first kappa shape index (κ1) is 19.6. The first-order chi connectivity index (χ1) is 14.3. The van der Waals surface area contributed by atoms with Gasteiger partial charge < -0.3 is 25.0 Å². The van der Waals surface area contributed by atoms with Gasteiger partial charge in [-0.25, -0.2) is 4.99 Å².